The Balaban J connectivity index is 1.38. The van der Waals surface area contributed by atoms with Gasteiger partial charge in [-0.1, -0.05) is 18.2 Å². The molecule has 1 unspecified atom stereocenters. The largest absolute Gasteiger partial charge is 0.352 e. The predicted octanol–water partition coefficient (Wildman–Crippen LogP) is 1.61. The molecule has 0 radical (unpaired) electrons. The number of halogens is 1. The molecule has 1 amide bonds. The number of piperazine rings is 1. The minimum Gasteiger partial charge on any atom is -0.352 e. The Morgan fingerprint density at radius 3 is 3.00 bits per heavy atom. The summed E-state index contributed by atoms with van der Waals surface area (Å²) in [6.45, 7) is 5.57. The number of hydrogen-bond donors (Lipinski definition) is 1. The molecule has 0 bridgehead atoms. The van der Waals surface area contributed by atoms with Crippen LogP contribution in [0.25, 0.3) is 0 Å². The first-order valence-electron chi connectivity index (χ1n) is 8.19. The van der Waals surface area contributed by atoms with Crippen molar-refractivity contribution in [3.05, 3.63) is 35.6 Å². The maximum atomic E-state index is 13.5. The molecule has 3 rings (SSSR count). The van der Waals surface area contributed by atoms with Gasteiger partial charge in [0.15, 0.2) is 0 Å². The van der Waals surface area contributed by atoms with E-state index in [1.54, 1.807) is 18.2 Å². The second-order valence-corrected chi connectivity index (χ2v) is 6.25. The molecule has 4 nitrogen and oxygen atoms in total. The molecule has 0 aliphatic carbocycles. The van der Waals surface area contributed by atoms with Crippen molar-refractivity contribution < 1.29 is 9.18 Å². The molecule has 2 saturated heterocycles. The monoisotopic (exact) mass is 305 g/mol. The van der Waals surface area contributed by atoms with Crippen molar-refractivity contribution in [2.45, 2.75) is 31.8 Å². The normalized spacial score (nSPS) is 22.5. The molecule has 0 aromatic heterocycles. The Morgan fingerprint density at radius 2 is 2.14 bits per heavy atom. The van der Waals surface area contributed by atoms with Gasteiger partial charge in [0, 0.05) is 50.7 Å². The van der Waals surface area contributed by atoms with Crippen LogP contribution in [0.15, 0.2) is 24.3 Å². The van der Waals surface area contributed by atoms with Crippen LogP contribution in [0.3, 0.4) is 0 Å². The Hall–Kier alpha value is -1.46. The average Bonchev–Trinajstić information content (AvgIpc) is 2.99. The van der Waals surface area contributed by atoms with Gasteiger partial charge < -0.3 is 5.32 Å². The third kappa shape index (κ3) is 3.84. The summed E-state index contributed by atoms with van der Waals surface area (Å²) in [5.74, 6) is -0.266. The molecule has 120 valence electrons. The van der Waals surface area contributed by atoms with Crippen molar-refractivity contribution in [1.82, 2.24) is 15.1 Å². The zero-order valence-corrected chi connectivity index (χ0v) is 12.9. The summed E-state index contributed by atoms with van der Waals surface area (Å²) < 4.78 is 13.5. The van der Waals surface area contributed by atoms with E-state index in [4.69, 9.17) is 0 Å². The number of nitrogens with zero attached hydrogens (tertiary/aromatic N) is 2. The highest BCUT2D eigenvalue weighted by molar-refractivity contribution is 5.76. The van der Waals surface area contributed by atoms with E-state index in [0.717, 1.165) is 26.2 Å². The number of amides is 1. The lowest BCUT2D eigenvalue weighted by atomic mass is 10.1. The number of benzene rings is 1. The molecule has 2 heterocycles. The van der Waals surface area contributed by atoms with Gasteiger partial charge >= 0.3 is 0 Å². The van der Waals surface area contributed by atoms with Crippen molar-refractivity contribution in [1.29, 1.82) is 0 Å². The number of carbonyl (C=O) groups excluding carboxylic acids is 1. The maximum Gasteiger partial charge on any atom is 0.221 e. The lowest BCUT2D eigenvalue weighted by Gasteiger charge is -2.37. The van der Waals surface area contributed by atoms with Gasteiger partial charge in [0.2, 0.25) is 5.91 Å². The summed E-state index contributed by atoms with van der Waals surface area (Å²) in [5, 5.41) is 2.81. The Labute approximate surface area is 131 Å². The minimum atomic E-state index is -0.264. The summed E-state index contributed by atoms with van der Waals surface area (Å²) in [6, 6.07) is 7.25. The molecule has 1 atom stereocenters. The number of nitrogens with one attached hydrogen (secondary N) is 1. The van der Waals surface area contributed by atoms with Crippen LogP contribution in [0.1, 0.15) is 24.8 Å². The molecule has 0 spiro atoms. The third-order valence-electron chi connectivity index (χ3n) is 4.76. The Kier molecular flexibility index (Phi) is 5.05. The van der Waals surface area contributed by atoms with Gasteiger partial charge in [-0.15, -0.1) is 0 Å². The van der Waals surface area contributed by atoms with E-state index in [-0.39, 0.29) is 18.3 Å². The fraction of sp³-hybridized carbons (Fsp3) is 0.588. The lowest BCUT2D eigenvalue weighted by Crippen LogP contribution is -2.50. The van der Waals surface area contributed by atoms with Gasteiger partial charge in [0.05, 0.1) is 0 Å². The van der Waals surface area contributed by atoms with Gasteiger partial charge in [0.1, 0.15) is 5.82 Å². The minimum absolute atomic E-state index is 0.00268. The lowest BCUT2D eigenvalue weighted by molar-refractivity contribution is -0.121. The van der Waals surface area contributed by atoms with Crippen LogP contribution in [-0.4, -0.2) is 54.5 Å². The highest BCUT2D eigenvalue weighted by atomic mass is 19.1. The van der Waals surface area contributed by atoms with Crippen molar-refractivity contribution in [2.24, 2.45) is 0 Å². The second-order valence-electron chi connectivity index (χ2n) is 6.25. The van der Waals surface area contributed by atoms with E-state index in [2.05, 4.69) is 15.1 Å². The van der Waals surface area contributed by atoms with E-state index in [9.17, 15) is 9.18 Å². The molecule has 0 saturated carbocycles. The van der Waals surface area contributed by atoms with E-state index < -0.39 is 0 Å². The molecule has 22 heavy (non-hydrogen) atoms. The number of rotatable bonds is 5. The fourth-order valence-corrected chi connectivity index (χ4v) is 3.44. The zero-order chi connectivity index (χ0) is 15.4. The van der Waals surface area contributed by atoms with Crippen LogP contribution in [0.4, 0.5) is 4.39 Å². The first kappa shape index (κ1) is 15.4. The van der Waals surface area contributed by atoms with Crippen LogP contribution in [-0.2, 0) is 11.3 Å². The van der Waals surface area contributed by atoms with Gasteiger partial charge in [-0.3, -0.25) is 14.6 Å². The van der Waals surface area contributed by atoms with Gasteiger partial charge in [-0.25, -0.2) is 4.39 Å². The summed E-state index contributed by atoms with van der Waals surface area (Å²) in [5.41, 5.74) is 0.537. The number of fused-ring (bicyclic) bond motifs is 1. The van der Waals surface area contributed by atoms with Gasteiger partial charge in [0.25, 0.3) is 0 Å². The first-order chi connectivity index (χ1) is 10.7. The summed E-state index contributed by atoms with van der Waals surface area (Å²) in [4.78, 5) is 16.9. The molecule has 1 aromatic carbocycles. The van der Waals surface area contributed by atoms with E-state index >= 15 is 0 Å². The highest BCUT2D eigenvalue weighted by Crippen LogP contribution is 2.21. The molecule has 2 aliphatic rings. The van der Waals surface area contributed by atoms with Crippen molar-refractivity contribution in [2.75, 3.05) is 32.7 Å². The van der Waals surface area contributed by atoms with Crippen LogP contribution in [0, 0.1) is 5.82 Å². The molecule has 2 fully saturated rings. The van der Waals surface area contributed by atoms with E-state index in [1.807, 2.05) is 0 Å². The number of carbonyl (C=O) groups is 1. The van der Waals surface area contributed by atoms with Crippen molar-refractivity contribution in [3.63, 3.8) is 0 Å². The fourth-order valence-electron chi connectivity index (χ4n) is 3.44. The molecule has 1 aromatic rings. The predicted molar refractivity (Wildman–Crippen MR) is 83.9 cm³/mol. The van der Waals surface area contributed by atoms with E-state index in [0.29, 0.717) is 18.0 Å². The SMILES string of the molecule is O=C(CCN1CCN2CCCC2C1)NCc1ccccc1F. The standard InChI is InChI=1S/C17H24FN3O/c18-16-6-2-1-4-14(16)12-19-17(22)7-9-20-10-11-21-8-3-5-15(21)13-20/h1-2,4,6,15H,3,5,7-13H2,(H,19,22). The average molecular weight is 305 g/mol. The molecule has 1 N–H and O–H groups in total. The Bertz CT molecular complexity index is 522. The first-order valence-corrected chi connectivity index (χ1v) is 8.19. The molecular weight excluding hydrogens is 281 g/mol. The van der Waals surface area contributed by atoms with Gasteiger partial charge in [-0.2, -0.15) is 0 Å². The smallest absolute Gasteiger partial charge is 0.221 e. The van der Waals surface area contributed by atoms with Crippen molar-refractivity contribution in [3.8, 4) is 0 Å². The van der Waals surface area contributed by atoms with Crippen LogP contribution >= 0.6 is 0 Å². The molecular formula is C17H24FN3O. The van der Waals surface area contributed by atoms with Crippen LogP contribution < -0.4 is 5.32 Å². The quantitative estimate of drug-likeness (QED) is 0.898. The van der Waals surface area contributed by atoms with Crippen molar-refractivity contribution >= 4 is 5.91 Å². The summed E-state index contributed by atoms with van der Waals surface area (Å²) >= 11 is 0. The Morgan fingerprint density at radius 1 is 1.27 bits per heavy atom. The summed E-state index contributed by atoms with van der Waals surface area (Å²) in [6.07, 6.45) is 3.08. The van der Waals surface area contributed by atoms with Crippen LogP contribution in [0.2, 0.25) is 0 Å². The highest BCUT2D eigenvalue weighted by Gasteiger charge is 2.30. The summed E-state index contributed by atoms with van der Waals surface area (Å²) in [7, 11) is 0. The van der Waals surface area contributed by atoms with Crippen LogP contribution in [0.5, 0.6) is 0 Å². The van der Waals surface area contributed by atoms with E-state index in [1.165, 1.54) is 25.5 Å². The molecule has 2 aliphatic heterocycles. The molecule has 5 heteroatoms. The maximum absolute atomic E-state index is 13.5. The third-order valence-corrected chi connectivity index (χ3v) is 4.76. The van der Waals surface area contributed by atoms with Gasteiger partial charge in [-0.05, 0) is 25.5 Å². The zero-order valence-electron chi connectivity index (χ0n) is 12.9. The topological polar surface area (TPSA) is 35.6 Å². The number of hydrogen-bond acceptors (Lipinski definition) is 3. The second kappa shape index (κ2) is 7.20.